The van der Waals surface area contributed by atoms with Crippen LogP contribution in [0.25, 0.3) is 0 Å². The van der Waals surface area contributed by atoms with Gasteiger partial charge in [0.1, 0.15) is 5.82 Å². The van der Waals surface area contributed by atoms with Gasteiger partial charge in [-0.25, -0.2) is 12.8 Å². The van der Waals surface area contributed by atoms with Crippen LogP contribution in [0.15, 0.2) is 18.2 Å². The fraction of sp³-hybridized carbons (Fsp3) is 0.571. The smallest absolute Gasteiger partial charge is 0.153 e. The standard InChI is InChI=1S/C14H21FN2O2S/c1-11(2)16-10-12-13(15)4-3-5-14(12)17-6-8-20(18,19)9-7-17/h3-5,11,16H,6-10H2,1-2H3. The summed E-state index contributed by atoms with van der Waals surface area (Å²) in [6.45, 7) is 5.33. The maximum atomic E-state index is 14.0. The fourth-order valence-electron chi connectivity index (χ4n) is 2.28. The number of rotatable bonds is 4. The fourth-order valence-corrected chi connectivity index (χ4v) is 3.48. The SMILES string of the molecule is CC(C)NCc1c(F)cccc1N1CCS(=O)(=O)CC1. The molecular formula is C14H21FN2O2S. The average molecular weight is 300 g/mol. The van der Waals surface area contributed by atoms with E-state index in [1.807, 2.05) is 24.8 Å². The molecule has 0 amide bonds. The van der Waals surface area contributed by atoms with Crippen LogP contribution < -0.4 is 10.2 Å². The Hall–Kier alpha value is -1.14. The van der Waals surface area contributed by atoms with Crippen molar-refractivity contribution in [2.45, 2.75) is 26.4 Å². The summed E-state index contributed by atoms with van der Waals surface area (Å²) < 4.78 is 37.0. The van der Waals surface area contributed by atoms with Gasteiger partial charge in [-0.3, -0.25) is 0 Å². The van der Waals surface area contributed by atoms with Crippen LogP contribution in [0.1, 0.15) is 19.4 Å². The molecule has 0 unspecified atom stereocenters. The Balaban J connectivity index is 2.21. The molecule has 1 aromatic carbocycles. The molecule has 1 N–H and O–H groups in total. The van der Waals surface area contributed by atoms with Gasteiger partial charge in [0.05, 0.1) is 11.5 Å². The van der Waals surface area contributed by atoms with Crippen LogP contribution in [0.5, 0.6) is 0 Å². The van der Waals surface area contributed by atoms with Gasteiger partial charge in [-0.1, -0.05) is 19.9 Å². The molecule has 1 aromatic rings. The number of halogens is 1. The van der Waals surface area contributed by atoms with Crippen molar-refractivity contribution < 1.29 is 12.8 Å². The summed E-state index contributed by atoms with van der Waals surface area (Å²) in [7, 11) is -2.92. The van der Waals surface area contributed by atoms with Crippen LogP contribution in [0.4, 0.5) is 10.1 Å². The molecule has 2 rings (SSSR count). The van der Waals surface area contributed by atoms with Crippen molar-refractivity contribution in [3.63, 3.8) is 0 Å². The summed E-state index contributed by atoms with van der Waals surface area (Å²) in [5.74, 6) is 0.0327. The third-order valence-electron chi connectivity index (χ3n) is 3.47. The Morgan fingerprint density at radius 1 is 1.30 bits per heavy atom. The molecule has 0 saturated carbocycles. The molecule has 112 valence electrons. The lowest BCUT2D eigenvalue weighted by molar-refractivity contribution is 0.551. The molecular weight excluding hydrogens is 279 g/mol. The molecule has 0 radical (unpaired) electrons. The monoisotopic (exact) mass is 300 g/mol. The minimum atomic E-state index is -2.92. The maximum Gasteiger partial charge on any atom is 0.153 e. The molecule has 0 aromatic heterocycles. The van der Waals surface area contributed by atoms with Crippen molar-refractivity contribution in [2.75, 3.05) is 29.5 Å². The first-order valence-electron chi connectivity index (χ1n) is 6.85. The molecule has 6 heteroatoms. The third kappa shape index (κ3) is 3.70. The lowest BCUT2D eigenvalue weighted by Crippen LogP contribution is -2.41. The summed E-state index contributed by atoms with van der Waals surface area (Å²) >= 11 is 0. The van der Waals surface area contributed by atoms with E-state index in [0.29, 0.717) is 25.2 Å². The molecule has 0 atom stereocenters. The van der Waals surface area contributed by atoms with Crippen LogP contribution in [0, 0.1) is 5.82 Å². The highest BCUT2D eigenvalue weighted by molar-refractivity contribution is 7.91. The minimum Gasteiger partial charge on any atom is -0.369 e. The Morgan fingerprint density at radius 3 is 2.55 bits per heavy atom. The maximum absolute atomic E-state index is 14.0. The number of nitrogens with zero attached hydrogens (tertiary/aromatic N) is 1. The molecule has 1 aliphatic rings. The zero-order valence-electron chi connectivity index (χ0n) is 11.9. The number of sulfone groups is 1. The first-order chi connectivity index (χ1) is 9.39. The lowest BCUT2D eigenvalue weighted by Gasteiger charge is -2.31. The highest BCUT2D eigenvalue weighted by Crippen LogP contribution is 2.25. The summed E-state index contributed by atoms with van der Waals surface area (Å²) in [5.41, 5.74) is 1.41. The molecule has 20 heavy (non-hydrogen) atoms. The van der Waals surface area contributed by atoms with Gasteiger partial charge in [0.2, 0.25) is 0 Å². The molecule has 1 saturated heterocycles. The van der Waals surface area contributed by atoms with Crippen LogP contribution in [-0.4, -0.2) is 39.1 Å². The van der Waals surface area contributed by atoms with Gasteiger partial charge < -0.3 is 10.2 Å². The highest BCUT2D eigenvalue weighted by Gasteiger charge is 2.24. The van der Waals surface area contributed by atoms with Crippen LogP contribution in [-0.2, 0) is 16.4 Å². The number of anilines is 1. The van der Waals surface area contributed by atoms with Crippen molar-refractivity contribution in [3.8, 4) is 0 Å². The second kappa shape index (κ2) is 6.10. The van der Waals surface area contributed by atoms with E-state index < -0.39 is 9.84 Å². The van der Waals surface area contributed by atoms with E-state index in [4.69, 9.17) is 0 Å². The van der Waals surface area contributed by atoms with E-state index in [-0.39, 0.29) is 23.4 Å². The van der Waals surface area contributed by atoms with Gasteiger partial charge in [-0.15, -0.1) is 0 Å². The number of nitrogens with one attached hydrogen (secondary N) is 1. The normalized spacial score (nSPS) is 18.5. The summed E-state index contributed by atoms with van der Waals surface area (Å²) in [6.07, 6.45) is 0. The Labute approximate surface area is 119 Å². The molecule has 0 spiro atoms. The van der Waals surface area contributed by atoms with Crippen molar-refractivity contribution in [1.82, 2.24) is 5.32 Å². The predicted molar refractivity (Wildman–Crippen MR) is 79.2 cm³/mol. The molecule has 1 fully saturated rings. The van der Waals surface area contributed by atoms with Gasteiger partial charge in [-0.2, -0.15) is 0 Å². The van der Waals surface area contributed by atoms with E-state index in [1.165, 1.54) is 6.07 Å². The zero-order chi connectivity index (χ0) is 14.8. The third-order valence-corrected chi connectivity index (χ3v) is 5.08. The number of hydrogen-bond donors (Lipinski definition) is 1. The largest absolute Gasteiger partial charge is 0.369 e. The minimum absolute atomic E-state index is 0.139. The topological polar surface area (TPSA) is 49.4 Å². The molecule has 0 aliphatic carbocycles. The van der Waals surface area contributed by atoms with Gasteiger partial charge >= 0.3 is 0 Å². The second-order valence-electron chi connectivity index (χ2n) is 5.41. The summed E-state index contributed by atoms with van der Waals surface area (Å²) in [4.78, 5) is 1.96. The van der Waals surface area contributed by atoms with Crippen molar-refractivity contribution in [1.29, 1.82) is 0 Å². The van der Waals surface area contributed by atoms with E-state index in [1.54, 1.807) is 6.07 Å². The van der Waals surface area contributed by atoms with E-state index in [2.05, 4.69) is 5.32 Å². The van der Waals surface area contributed by atoms with E-state index in [0.717, 1.165) is 5.69 Å². The second-order valence-corrected chi connectivity index (χ2v) is 7.72. The van der Waals surface area contributed by atoms with Crippen molar-refractivity contribution in [3.05, 3.63) is 29.6 Å². The zero-order valence-corrected chi connectivity index (χ0v) is 12.7. The van der Waals surface area contributed by atoms with E-state index in [9.17, 15) is 12.8 Å². The Morgan fingerprint density at radius 2 is 1.95 bits per heavy atom. The average Bonchev–Trinajstić information content (AvgIpc) is 2.37. The van der Waals surface area contributed by atoms with Crippen molar-refractivity contribution in [2.24, 2.45) is 0 Å². The molecule has 0 bridgehead atoms. The Kier molecular flexibility index (Phi) is 4.65. The molecule has 1 aliphatic heterocycles. The lowest BCUT2D eigenvalue weighted by atomic mass is 10.1. The van der Waals surface area contributed by atoms with Crippen LogP contribution in [0.2, 0.25) is 0 Å². The van der Waals surface area contributed by atoms with Gasteiger partial charge in [0.15, 0.2) is 9.84 Å². The summed E-state index contributed by atoms with van der Waals surface area (Å²) in [6, 6.07) is 5.25. The van der Waals surface area contributed by atoms with E-state index >= 15 is 0 Å². The molecule has 4 nitrogen and oxygen atoms in total. The summed E-state index contributed by atoms with van der Waals surface area (Å²) in [5, 5.41) is 3.21. The van der Waals surface area contributed by atoms with Gasteiger partial charge in [-0.05, 0) is 12.1 Å². The van der Waals surface area contributed by atoms with Crippen molar-refractivity contribution >= 4 is 15.5 Å². The number of hydrogen-bond acceptors (Lipinski definition) is 4. The van der Waals surface area contributed by atoms with Crippen LogP contribution in [0.3, 0.4) is 0 Å². The highest BCUT2D eigenvalue weighted by atomic mass is 32.2. The number of benzene rings is 1. The van der Waals surface area contributed by atoms with Gasteiger partial charge in [0, 0.05) is 36.9 Å². The first kappa shape index (κ1) is 15.3. The molecule has 1 heterocycles. The Bertz CT molecular complexity index is 559. The predicted octanol–water partition coefficient (Wildman–Crippen LogP) is 1.56. The van der Waals surface area contributed by atoms with Gasteiger partial charge in [0.25, 0.3) is 0 Å². The quantitative estimate of drug-likeness (QED) is 0.917. The first-order valence-corrected chi connectivity index (χ1v) is 8.67. The van der Waals surface area contributed by atoms with Crippen LogP contribution >= 0.6 is 0 Å².